The molecular weight excluding hydrogens is 315 g/mol. The molecule has 0 saturated heterocycles. The van der Waals surface area contributed by atoms with Crippen molar-refractivity contribution in [1.82, 2.24) is 9.29 Å². The fourth-order valence-corrected chi connectivity index (χ4v) is 3.66. The van der Waals surface area contributed by atoms with Gasteiger partial charge in [0.2, 0.25) is 10.0 Å². The monoisotopic (exact) mass is 330 g/mol. The highest BCUT2D eigenvalue weighted by Gasteiger charge is 2.25. The van der Waals surface area contributed by atoms with Gasteiger partial charge >= 0.3 is 0 Å². The van der Waals surface area contributed by atoms with Crippen molar-refractivity contribution in [2.75, 3.05) is 7.05 Å². The molecular formula is C13H15FN2O3S2. The van der Waals surface area contributed by atoms with Crippen LogP contribution in [-0.2, 0) is 23.2 Å². The molecule has 0 bridgehead atoms. The Morgan fingerprint density at radius 2 is 2.14 bits per heavy atom. The van der Waals surface area contributed by atoms with Crippen LogP contribution < -0.4 is 0 Å². The molecule has 0 spiro atoms. The number of benzene rings is 1. The van der Waals surface area contributed by atoms with Crippen LogP contribution in [0.15, 0.2) is 28.5 Å². The van der Waals surface area contributed by atoms with Crippen molar-refractivity contribution in [3.8, 4) is 0 Å². The second-order valence-corrected chi connectivity index (χ2v) is 7.62. The van der Waals surface area contributed by atoms with E-state index in [-0.39, 0.29) is 13.2 Å². The van der Waals surface area contributed by atoms with E-state index in [1.807, 2.05) is 6.92 Å². The molecule has 0 radical (unpaired) electrons. The average molecular weight is 330 g/mol. The van der Waals surface area contributed by atoms with Crippen molar-refractivity contribution in [1.29, 1.82) is 0 Å². The summed E-state index contributed by atoms with van der Waals surface area (Å²) in [5.74, 6) is -0.839. The van der Waals surface area contributed by atoms with Gasteiger partial charge < -0.3 is 5.11 Å². The predicted octanol–water partition coefficient (Wildman–Crippen LogP) is 1.90. The SMILES string of the molecule is Cc1nc(CN(C)S(=O)(=O)c2cc(CO)ccc2F)cs1. The Hall–Kier alpha value is -1.35. The van der Waals surface area contributed by atoms with Gasteiger partial charge in [0, 0.05) is 12.4 Å². The van der Waals surface area contributed by atoms with Crippen molar-refractivity contribution in [3.05, 3.63) is 45.7 Å². The molecule has 1 N–H and O–H groups in total. The number of aromatic nitrogens is 1. The van der Waals surface area contributed by atoms with E-state index in [0.717, 1.165) is 21.4 Å². The van der Waals surface area contributed by atoms with Crippen LogP contribution in [0.3, 0.4) is 0 Å². The lowest BCUT2D eigenvalue weighted by Crippen LogP contribution is -2.27. The summed E-state index contributed by atoms with van der Waals surface area (Å²) < 4.78 is 39.7. The molecule has 2 aromatic rings. The molecule has 0 aliphatic rings. The van der Waals surface area contributed by atoms with Gasteiger partial charge in [-0.2, -0.15) is 4.31 Å². The topological polar surface area (TPSA) is 70.5 Å². The van der Waals surface area contributed by atoms with Crippen LogP contribution in [0.1, 0.15) is 16.3 Å². The first-order chi connectivity index (χ1) is 9.84. The first-order valence-corrected chi connectivity index (χ1v) is 8.43. The zero-order valence-corrected chi connectivity index (χ0v) is 13.2. The maximum absolute atomic E-state index is 13.8. The van der Waals surface area contributed by atoms with Crippen molar-refractivity contribution >= 4 is 21.4 Å². The van der Waals surface area contributed by atoms with Crippen molar-refractivity contribution in [3.63, 3.8) is 0 Å². The Morgan fingerprint density at radius 3 is 2.71 bits per heavy atom. The molecule has 1 aromatic heterocycles. The summed E-state index contributed by atoms with van der Waals surface area (Å²) in [5, 5.41) is 11.7. The first kappa shape index (κ1) is 16.0. The number of aliphatic hydroxyl groups excluding tert-OH is 1. The largest absolute Gasteiger partial charge is 0.392 e. The Labute approximate surface area is 126 Å². The van der Waals surface area contributed by atoms with E-state index in [1.165, 1.54) is 24.5 Å². The van der Waals surface area contributed by atoms with Gasteiger partial charge in [0.05, 0.1) is 23.9 Å². The number of hydrogen-bond acceptors (Lipinski definition) is 5. The molecule has 8 heteroatoms. The molecule has 0 unspecified atom stereocenters. The summed E-state index contributed by atoms with van der Waals surface area (Å²) >= 11 is 1.42. The van der Waals surface area contributed by atoms with Gasteiger partial charge in [0.15, 0.2) is 0 Å². The lowest BCUT2D eigenvalue weighted by molar-refractivity contribution is 0.281. The molecule has 2 rings (SSSR count). The normalized spacial score (nSPS) is 12.0. The minimum absolute atomic E-state index is 0.0649. The molecule has 0 aliphatic carbocycles. The van der Waals surface area contributed by atoms with Crippen LogP contribution in [0, 0.1) is 12.7 Å². The molecule has 0 atom stereocenters. The molecule has 114 valence electrons. The second kappa shape index (κ2) is 6.18. The van der Waals surface area contributed by atoms with Crippen LogP contribution in [-0.4, -0.2) is 29.9 Å². The molecule has 5 nitrogen and oxygen atoms in total. The van der Waals surface area contributed by atoms with Crippen LogP contribution in [0.4, 0.5) is 4.39 Å². The van der Waals surface area contributed by atoms with Crippen LogP contribution in [0.5, 0.6) is 0 Å². The fraction of sp³-hybridized carbons (Fsp3) is 0.308. The summed E-state index contributed by atoms with van der Waals surface area (Å²) in [6, 6.07) is 3.53. The van der Waals surface area contributed by atoms with E-state index in [2.05, 4.69) is 4.98 Å². The highest BCUT2D eigenvalue weighted by Crippen LogP contribution is 2.22. The van der Waals surface area contributed by atoms with E-state index < -0.39 is 20.7 Å². The standard InChI is InChI=1S/C13H15FN2O3S2/c1-9-15-11(8-20-9)6-16(2)21(18,19)13-5-10(7-17)3-4-12(13)14/h3-5,8,17H,6-7H2,1-2H3. The van der Waals surface area contributed by atoms with E-state index in [9.17, 15) is 12.8 Å². The summed E-state index contributed by atoms with van der Waals surface area (Å²) in [7, 11) is -2.61. The van der Waals surface area contributed by atoms with E-state index in [0.29, 0.717) is 11.3 Å². The summed E-state index contributed by atoms with van der Waals surface area (Å²) in [5.41, 5.74) is 0.954. The number of aryl methyl sites for hydroxylation is 1. The van der Waals surface area contributed by atoms with Gasteiger partial charge in [0.1, 0.15) is 10.7 Å². The molecule has 0 amide bonds. The summed E-state index contributed by atoms with van der Waals surface area (Å²) in [4.78, 5) is 3.75. The number of rotatable bonds is 5. The fourth-order valence-electron chi connectivity index (χ4n) is 1.81. The van der Waals surface area contributed by atoms with E-state index in [4.69, 9.17) is 5.11 Å². The second-order valence-electron chi connectivity index (χ2n) is 4.54. The predicted molar refractivity (Wildman–Crippen MR) is 77.8 cm³/mol. The average Bonchev–Trinajstić information content (AvgIpc) is 2.84. The maximum Gasteiger partial charge on any atom is 0.246 e. The smallest absolute Gasteiger partial charge is 0.246 e. The number of aliphatic hydroxyl groups is 1. The lowest BCUT2D eigenvalue weighted by Gasteiger charge is -2.17. The van der Waals surface area contributed by atoms with Gasteiger partial charge in [-0.3, -0.25) is 0 Å². The van der Waals surface area contributed by atoms with Crippen LogP contribution >= 0.6 is 11.3 Å². The minimum atomic E-state index is -3.98. The number of hydrogen-bond donors (Lipinski definition) is 1. The van der Waals surface area contributed by atoms with Gasteiger partial charge in [-0.15, -0.1) is 11.3 Å². The number of nitrogens with zero attached hydrogens (tertiary/aromatic N) is 2. The molecule has 21 heavy (non-hydrogen) atoms. The number of halogens is 1. The van der Waals surface area contributed by atoms with E-state index in [1.54, 1.807) is 5.38 Å². The highest BCUT2D eigenvalue weighted by atomic mass is 32.2. The maximum atomic E-state index is 13.8. The van der Waals surface area contributed by atoms with Crippen molar-refractivity contribution in [2.24, 2.45) is 0 Å². The highest BCUT2D eigenvalue weighted by molar-refractivity contribution is 7.89. The van der Waals surface area contributed by atoms with Crippen molar-refractivity contribution in [2.45, 2.75) is 25.0 Å². The zero-order chi connectivity index (χ0) is 15.6. The molecule has 0 aliphatic heterocycles. The van der Waals surface area contributed by atoms with Gasteiger partial charge in [-0.05, 0) is 24.6 Å². The Bertz CT molecular complexity index is 744. The summed E-state index contributed by atoms with van der Waals surface area (Å²) in [6.45, 7) is 1.54. The van der Waals surface area contributed by atoms with Gasteiger partial charge in [0.25, 0.3) is 0 Å². The lowest BCUT2D eigenvalue weighted by atomic mass is 10.2. The molecule has 0 saturated carbocycles. The third kappa shape index (κ3) is 3.46. The Kier molecular flexibility index (Phi) is 4.72. The quantitative estimate of drug-likeness (QED) is 0.909. The van der Waals surface area contributed by atoms with Crippen molar-refractivity contribution < 1.29 is 17.9 Å². The van der Waals surface area contributed by atoms with E-state index >= 15 is 0 Å². The van der Waals surface area contributed by atoms with Crippen LogP contribution in [0.25, 0.3) is 0 Å². The first-order valence-electron chi connectivity index (χ1n) is 6.11. The summed E-state index contributed by atoms with van der Waals surface area (Å²) in [6.07, 6.45) is 0. The molecule has 1 heterocycles. The Morgan fingerprint density at radius 1 is 1.43 bits per heavy atom. The minimum Gasteiger partial charge on any atom is -0.392 e. The molecule has 1 aromatic carbocycles. The molecule has 0 fully saturated rings. The Balaban J connectivity index is 2.32. The third-order valence-electron chi connectivity index (χ3n) is 2.92. The zero-order valence-electron chi connectivity index (χ0n) is 11.6. The number of thiazole rings is 1. The number of sulfonamides is 1. The third-order valence-corrected chi connectivity index (χ3v) is 5.56. The van der Waals surface area contributed by atoms with Gasteiger partial charge in [-0.25, -0.2) is 17.8 Å². The van der Waals surface area contributed by atoms with Gasteiger partial charge in [-0.1, -0.05) is 6.07 Å². The van der Waals surface area contributed by atoms with Crippen LogP contribution in [0.2, 0.25) is 0 Å².